The number of guanidine groups is 1. The molecule has 18 heavy (non-hydrogen) atoms. The number of hydrogen-bond donors (Lipinski definition) is 2. The highest BCUT2D eigenvalue weighted by molar-refractivity contribution is 14.0. The predicted molar refractivity (Wildman–Crippen MR) is 84.8 cm³/mol. The molecule has 8 heteroatoms. The fourth-order valence-electron chi connectivity index (χ4n) is 1.33. The van der Waals surface area contributed by atoms with E-state index in [4.69, 9.17) is 5.73 Å². The molecule has 1 saturated carbocycles. The van der Waals surface area contributed by atoms with Crippen molar-refractivity contribution in [2.45, 2.75) is 32.2 Å². The van der Waals surface area contributed by atoms with Gasteiger partial charge in [0.15, 0.2) is 5.96 Å². The van der Waals surface area contributed by atoms with Crippen molar-refractivity contribution in [2.24, 2.45) is 10.7 Å². The van der Waals surface area contributed by atoms with Gasteiger partial charge in [-0.3, -0.25) is 4.99 Å². The maximum absolute atomic E-state index is 11.4. The number of nitrogens with zero attached hydrogens (tertiary/aromatic N) is 2. The van der Waals surface area contributed by atoms with Crippen molar-refractivity contribution < 1.29 is 8.42 Å². The molecule has 0 bridgehead atoms. The van der Waals surface area contributed by atoms with Crippen molar-refractivity contribution in [1.29, 1.82) is 0 Å². The summed E-state index contributed by atoms with van der Waals surface area (Å²) in [5.74, 6) is 0.603. The Morgan fingerprint density at radius 2 is 2.11 bits per heavy atom. The van der Waals surface area contributed by atoms with Gasteiger partial charge < -0.3 is 11.1 Å². The molecule has 1 aliphatic rings. The minimum Gasteiger partial charge on any atom is -0.370 e. The Balaban J connectivity index is 0.00000289. The number of hydrogen-bond acceptors (Lipinski definition) is 3. The Bertz CT molecular complexity index is 368. The summed E-state index contributed by atoms with van der Waals surface area (Å²) in [6, 6.07) is 0.502. The average Bonchev–Trinajstić information content (AvgIpc) is 3.07. The average molecular weight is 390 g/mol. The lowest BCUT2D eigenvalue weighted by Crippen LogP contribution is -2.34. The summed E-state index contributed by atoms with van der Waals surface area (Å²) in [6.07, 6.45) is 3.00. The van der Waals surface area contributed by atoms with Crippen molar-refractivity contribution in [1.82, 2.24) is 9.62 Å². The van der Waals surface area contributed by atoms with Gasteiger partial charge in [0.05, 0.1) is 5.75 Å². The molecule has 0 atom stereocenters. The van der Waals surface area contributed by atoms with Gasteiger partial charge in [-0.2, -0.15) is 0 Å². The van der Waals surface area contributed by atoms with Gasteiger partial charge in [0, 0.05) is 26.2 Å². The van der Waals surface area contributed by atoms with Gasteiger partial charge in [0.2, 0.25) is 10.0 Å². The van der Waals surface area contributed by atoms with Gasteiger partial charge in [0.1, 0.15) is 0 Å². The van der Waals surface area contributed by atoms with Crippen LogP contribution >= 0.6 is 24.0 Å². The molecule has 0 amide bonds. The van der Waals surface area contributed by atoms with E-state index in [1.165, 1.54) is 4.31 Å². The van der Waals surface area contributed by atoms with Crippen LogP contribution in [0.1, 0.15) is 26.2 Å². The highest BCUT2D eigenvalue weighted by Gasteiger charge is 2.21. The Morgan fingerprint density at radius 1 is 1.50 bits per heavy atom. The lowest BCUT2D eigenvalue weighted by Gasteiger charge is -2.14. The van der Waals surface area contributed by atoms with Crippen LogP contribution in [0.2, 0.25) is 0 Å². The Labute approximate surface area is 126 Å². The fraction of sp³-hybridized carbons (Fsp3) is 0.900. The van der Waals surface area contributed by atoms with E-state index in [-0.39, 0.29) is 29.7 Å². The second-order valence-corrected chi connectivity index (χ2v) is 6.63. The summed E-state index contributed by atoms with van der Waals surface area (Å²) < 4.78 is 24.2. The number of rotatable bonds is 7. The topological polar surface area (TPSA) is 87.8 Å². The highest BCUT2D eigenvalue weighted by atomic mass is 127. The van der Waals surface area contributed by atoms with Crippen molar-refractivity contribution in [3.8, 4) is 0 Å². The van der Waals surface area contributed by atoms with Crippen molar-refractivity contribution in [2.75, 3.05) is 25.9 Å². The molecule has 0 saturated heterocycles. The number of halogens is 1. The first-order valence-electron chi connectivity index (χ1n) is 5.96. The Morgan fingerprint density at radius 3 is 2.61 bits per heavy atom. The molecule has 1 rings (SSSR count). The molecule has 3 N–H and O–H groups in total. The molecule has 0 spiro atoms. The molecule has 0 aliphatic heterocycles. The molecule has 1 aliphatic carbocycles. The molecule has 0 radical (unpaired) electrons. The SMILES string of the molecule is CCS(=O)(=O)N(C)CCCN=C(N)NC1CC1.I. The Hall–Kier alpha value is -0.0900. The smallest absolute Gasteiger partial charge is 0.213 e. The molecule has 0 heterocycles. The second kappa shape index (κ2) is 8.16. The third-order valence-electron chi connectivity index (χ3n) is 2.68. The summed E-state index contributed by atoms with van der Waals surface area (Å²) in [4.78, 5) is 4.15. The van der Waals surface area contributed by atoms with E-state index in [0.29, 0.717) is 31.5 Å². The highest BCUT2D eigenvalue weighted by Crippen LogP contribution is 2.17. The first-order chi connectivity index (χ1) is 7.95. The zero-order valence-corrected chi connectivity index (χ0v) is 14.1. The van der Waals surface area contributed by atoms with Crippen molar-refractivity contribution in [3.05, 3.63) is 0 Å². The first kappa shape index (κ1) is 17.9. The van der Waals surface area contributed by atoms with Crippen LogP contribution in [0.15, 0.2) is 4.99 Å². The van der Waals surface area contributed by atoms with Gasteiger partial charge in [-0.1, -0.05) is 0 Å². The molecule has 108 valence electrons. The molecule has 0 aromatic heterocycles. The van der Waals surface area contributed by atoms with Crippen LogP contribution in [-0.4, -0.2) is 50.6 Å². The number of sulfonamides is 1. The van der Waals surface area contributed by atoms with E-state index in [1.54, 1.807) is 14.0 Å². The van der Waals surface area contributed by atoms with Crippen LogP contribution in [0.25, 0.3) is 0 Å². The largest absolute Gasteiger partial charge is 0.370 e. The zero-order valence-electron chi connectivity index (χ0n) is 10.9. The van der Waals surface area contributed by atoms with E-state index in [0.717, 1.165) is 12.8 Å². The number of nitrogens with one attached hydrogen (secondary N) is 1. The molecule has 6 nitrogen and oxygen atoms in total. The summed E-state index contributed by atoms with van der Waals surface area (Å²) >= 11 is 0. The molecule has 0 aromatic rings. The predicted octanol–water partition coefficient (Wildman–Crippen LogP) is 0.343. The molecular formula is C10H23IN4O2S. The van der Waals surface area contributed by atoms with E-state index in [2.05, 4.69) is 10.3 Å². The van der Waals surface area contributed by atoms with Gasteiger partial charge in [-0.25, -0.2) is 12.7 Å². The minimum atomic E-state index is -3.07. The monoisotopic (exact) mass is 390 g/mol. The zero-order chi connectivity index (χ0) is 12.9. The maximum Gasteiger partial charge on any atom is 0.213 e. The first-order valence-corrected chi connectivity index (χ1v) is 7.57. The van der Waals surface area contributed by atoms with Gasteiger partial charge in [-0.15, -0.1) is 24.0 Å². The lowest BCUT2D eigenvalue weighted by molar-refractivity contribution is 0.465. The van der Waals surface area contributed by atoms with E-state index in [1.807, 2.05) is 0 Å². The van der Waals surface area contributed by atoms with Crippen LogP contribution < -0.4 is 11.1 Å². The lowest BCUT2D eigenvalue weighted by atomic mass is 10.4. The quantitative estimate of drug-likeness (QED) is 0.284. The number of aliphatic imine (C=N–C) groups is 1. The summed E-state index contributed by atoms with van der Waals surface area (Å²) in [6.45, 7) is 2.67. The van der Waals surface area contributed by atoms with E-state index < -0.39 is 10.0 Å². The van der Waals surface area contributed by atoms with Crippen LogP contribution in [0.5, 0.6) is 0 Å². The van der Waals surface area contributed by atoms with Gasteiger partial charge in [0.25, 0.3) is 0 Å². The van der Waals surface area contributed by atoms with Crippen LogP contribution in [0, 0.1) is 0 Å². The molecule has 0 unspecified atom stereocenters. The summed E-state index contributed by atoms with van der Waals surface area (Å²) in [5, 5.41) is 3.08. The van der Waals surface area contributed by atoms with Crippen LogP contribution in [-0.2, 0) is 10.0 Å². The molecule has 0 aromatic carbocycles. The van der Waals surface area contributed by atoms with Crippen molar-refractivity contribution >= 4 is 40.0 Å². The van der Waals surface area contributed by atoms with Gasteiger partial charge >= 0.3 is 0 Å². The van der Waals surface area contributed by atoms with Crippen LogP contribution in [0.3, 0.4) is 0 Å². The van der Waals surface area contributed by atoms with Crippen LogP contribution in [0.4, 0.5) is 0 Å². The molecule has 1 fully saturated rings. The van der Waals surface area contributed by atoms with Crippen molar-refractivity contribution in [3.63, 3.8) is 0 Å². The molecular weight excluding hydrogens is 367 g/mol. The number of nitrogens with two attached hydrogens (primary N) is 1. The summed E-state index contributed by atoms with van der Waals surface area (Å²) in [7, 11) is -1.48. The van der Waals surface area contributed by atoms with Gasteiger partial charge in [-0.05, 0) is 26.2 Å². The summed E-state index contributed by atoms with van der Waals surface area (Å²) in [5.41, 5.74) is 5.65. The third-order valence-corrected chi connectivity index (χ3v) is 4.54. The third kappa shape index (κ3) is 6.74. The van der Waals surface area contributed by atoms with E-state index in [9.17, 15) is 8.42 Å². The maximum atomic E-state index is 11.4. The minimum absolute atomic E-state index is 0. The second-order valence-electron chi connectivity index (χ2n) is 4.26. The Kier molecular flexibility index (Phi) is 8.11. The fourth-order valence-corrected chi connectivity index (χ4v) is 2.18. The standard InChI is InChI=1S/C10H22N4O2S.HI/c1-3-17(15,16)14(2)8-4-7-12-10(11)13-9-5-6-9;/h9H,3-8H2,1-2H3,(H3,11,12,13);1H. The van der Waals surface area contributed by atoms with E-state index >= 15 is 0 Å². The normalized spacial score (nSPS) is 16.5.